The van der Waals surface area contributed by atoms with Crippen molar-refractivity contribution in [3.8, 4) is 0 Å². The first-order valence-electron chi connectivity index (χ1n) is 7.86. The third kappa shape index (κ3) is 5.10. The van der Waals surface area contributed by atoms with Gasteiger partial charge in [0.25, 0.3) is 0 Å². The molecule has 1 aromatic carbocycles. The van der Waals surface area contributed by atoms with Crippen LogP contribution in [0.3, 0.4) is 0 Å². The molecule has 1 aliphatic rings. The van der Waals surface area contributed by atoms with Crippen molar-refractivity contribution in [2.24, 2.45) is 0 Å². The van der Waals surface area contributed by atoms with Crippen molar-refractivity contribution in [1.29, 1.82) is 0 Å². The Bertz CT molecular complexity index is 682. The molecule has 1 aromatic heterocycles. The van der Waals surface area contributed by atoms with Crippen LogP contribution >= 0.6 is 23.1 Å². The number of anilines is 2. The second-order valence-electron chi connectivity index (χ2n) is 5.92. The smallest absolute Gasteiger partial charge is 0.230 e. The number of amides is 1. The Kier molecular flexibility index (Phi) is 5.57. The van der Waals surface area contributed by atoms with Crippen LogP contribution in [-0.2, 0) is 11.3 Å². The fourth-order valence-corrected chi connectivity index (χ4v) is 3.68. The van der Waals surface area contributed by atoms with E-state index in [0.29, 0.717) is 18.3 Å². The van der Waals surface area contributed by atoms with Gasteiger partial charge in [0.1, 0.15) is 0 Å². The SMILES string of the molecule is CN(C)c1ccc(CNC(=O)CSc2nnc(NC3CC3)s2)cc1. The molecule has 1 fully saturated rings. The Morgan fingerprint density at radius 1 is 1.29 bits per heavy atom. The van der Waals surface area contributed by atoms with Gasteiger partial charge in [-0.25, -0.2) is 0 Å². The molecule has 1 heterocycles. The minimum absolute atomic E-state index is 0.00332. The van der Waals surface area contributed by atoms with Crippen molar-refractivity contribution in [2.45, 2.75) is 29.8 Å². The van der Waals surface area contributed by atoms with Gasteiger partial charge in [0.2, 0.25) is 11.0 Å². The van der Waals surface area contributed by atoms with Crippen LogP contribution in [0.15, 0.2) is 28.6 Å². The van der Waals surface area contributed by atoms with Crippen molar-refractivity contribution < 1.29 is 4.79 Å². The van der Waals surface area contributed by atoms with Crippen LogP contribution in [0.25, 0.3) is 0 Å². The monoisotopic (exact) mass is 363 g/mol. The van der Waals surface area contributed by atoms with Gasteiger partial charge in [0, 0.05) is 32.4 Å². The van der Waals surface area contributed by atoms with Crippen molar-refractivity contribution in [3.05, 3.63) is 29.8 Å². The topological polar surface area (TPSA) is 70.2 Å². The van der Waals surface area contributed by atoms with Gasteiger partial charge in [-0.05, 0) is 30.5 Å². The van der Waals surface area contributed by atoms with E-state index in [1.165, 1.54) is 35.9 Å². The van der Waals surface area contributed by atoms with Crippen LogP contribution in [-0.4, -0.2) is 42.0 Å². The van der Waals surface area contributed by atoms with Gasteiger partial charge in [-0.15, -0.1) is 10.2 Å². The lowest BCUT2D eigenvalue weighted by Gasteiger charge is -2.12. The summed E-state index contributed by atoms with van der Waals surface area (Å²) in [6.07, 6.45) is 2.42. The van der Waals surface area contributed by atoms with E-state index in [2.05, 4.69) is 20.8 Å². The average molecular weight is 364 g/mol. The summed E-state index contributed by atoms with van der Waals surface area (Å²) in [5.74, 6) is 0.358. The Labute approximate surface area is 150 Å². The highest BCUT2D eigenvalue weighted by Gasteiger charge is 2.22. The lowest BCUT2D eigenvalue weighted by Crippen LogP contribution is -2.24. The third-order valence-electron chi connectivity index (χ3n) is 3.58. The Hall–Kier alpha value is -1.80. The lowest BCUT2D eigenvalue weighted by molar-refractivity contribution is -0.118. The summed E-state index contributed by atoms with van der Waals surface area (Å²) in [6.45, 7) is 0.539. The fraction of sp³-hybridized carbons (Fsp3) is 0.438. The largest absolute Gasteiger partial charge is 0.378 e. The zero-order valence-electron chi connectivity index (χ0n) is 13.8. The number of thioether (sulfide) groups is 1. The second kappa shape index (κ2) is 7.85. The first-order chi connectivity index (χ1) is 11.6. The van der Waals surface area contributed by atoms with Crippen LogP contribution in [0.1, 0.15) is 18.4 Å². The Morgan fingerprint density at radius 3 is 2.71 bits per heavy atom. The van der Waals surface area contributed by atoms with E-state index in [0.717, 1.165) is 20.7 Å². The first kappa shape index (κ1) is 17.0. The molecule has 2 aromatic rings. The van der Waals surface area contributed by atoms with Gasteiger partial charge in [0.05, 0.1) is 5.75 Å². The minimum Gasteiger partial charge on any atom is -0.378 e. The number of hydrogen-bond acceptors (Lipinski definition) is 7. The van der Waals surface area contributed by atoms with Crippen molar-refractivity contribution in [3.63, 3.8) is 0 Å². The number of nitrogens with zero attached hydrogens (tertiary/aromatic N) is 3. The number of carbonyl (C=O) groups excluding carboxylic acids is 1. The van der Waals surface area contributed by atoms with E-state index in [1.54, 1.807) is 0 Å². The zero-order chi connectivity index (χ0) is 16.9. The highest BCUT2D eigenvalue weighted by Crippen LogP contribution is 2.30. The highest BCUT2D eigenvalue weighted by atomic mass is 32.2. The number of nitrogens with one attached hydrogen (secondary N) is 2. The third-order valence-corrected chi connectivity index (χ3v) is 5.57. The predicted octanol–water partition coefficient (Wildman–Crippen LogP) is 2.59. The lowest BCUT2D eigenvalue weighted by atomic mass is 10.2. The zero-order valence-corrected chi connectivity index (χ0v) is 15.4. The summed E-state index contributed by atoms with van der Waals surface area (Å²) >= 11 is 2.93. The predicted molar refractivity (Wildman–Crippen MR) is 99.9 cm³/mol. The molecule has 0 radical (unpaired) electrons. The number of hydrogen-bond donors (Lipinski definition) is 2. The molecule has 6 nitrogen and oxygen atoms in total. The van der Waals surface area contributed by atoms with Crippen LogP contribution in [0, 0.1) is 0 Å². The van der Waals surface area contributed by atoms with Gasteiger partial charge < -0.3 is 15.5 Å². The molecular weight excluding hydrogens is 342 g/mol. The van der Waals surface area contributed by atoms with Gasteiger partial charge in [0.15, 0.2) is 4.34 Å². The molecule has 0 saturated heterocycles. The molecule has 24 heavy (non-hydrogen) atoms. The van der Waals surface area contributed by atoms with E-state index >= 15 is 0 Å². The number of carbonyl (C=O) groups is 1. The molecule has 0 spiro atoms. The molecule has 128 valence electrons. The molecular formula is C16H21N5OS2. The Morgan fingerprint density at radius 2 is 2.04 bits per heavy atom. The quantitative estimate of drug-likeness (QED) is 0.703. The van der Waals surface area contributed by atoms with Crippen LogP contribution in [0.2, 0.25) is 0 Å². The van der Waals surface area contributed by atoms with Gasteiger partial charge in [-0.2, -0.15) is 0 Å². The average Bonchev–Trinajstić information content (AvgIpc) is 3.28. The maximum atomic E-state index is 12.0. The summed E-state index contributed by atoms with van der Waals surface area (Å²) in [5.41, 5.74) is 2.23. The molecule has 0 bridgehead atoms. The molecule has 1 aliphatic carbocycles. The first-order valence-corrected chi connectivity index (χ1v) is 9.66. The number of benzene rings is 1. The number of rotatable bonds is 8. The van der Waals surface area contributed by atoms with E-state index in [9.17, 15) is 4.79 Å². The highest BCUT2D eigenvalue weighted by molar-refractivity contribution is 8.01. The molecule has 3 rings (SSSR count). The molecule has 2 N–H and O–H groups in total. The summed E-state index contributed by atoms with van der Waals surface area (Å²) in [5, 5.41) is 15.3. The summed E-state index contributed by atoms with van der Waals surface area (Å²) in [4.78, 5) is 14.0. The van der Waals surface area contributed by atoms with Crippen LogP contribution in [0.5, 0.6) is 0 Å². The number of aromatic nitrogens is 2. The van der Waals surface area contributed by atoms with E-state index in [-0.39, 0.29) is 5.91 Å². The fourth-order valence-electron chi connectivity index (χ4n) is 2.02. The molecule has 0 atom stereocenters. The maximum Gasteiger partial charge on any atom is 0.230 e. The van der Waals surface area contributed by atoms with Crippen molar-refractivity contribution in [1.82, 2.24) is 15.5 Å². The Balaban J connectivity index is 1.39. The van der Waals surface area contributed by atoms with Crippen molar-refractivity contribution in [2.75, 3.05) is 30.1 Å². The van der Waals surface area contributed by atoms with Crippen LogP contribution in [0.4, 0.5) is 10.8 Å². The standard InChI is InChI=1S/C16H21N5OS2/c1-21(2)13-7-3-11(4-8-13)9-17-14(22)10-23-16-20-19-15(24-16)18-12-5-6-12/h3-4,7-8,12H,5-6,9-10H2,1-2H3,(H,17,22)(H,18,19). The van der Waals surface area contributed by atoms with Gasteiger partial charge >= 0.3 is 0 Å². The molecule has 1 amide bonds. The summed E-state index contributed by atoms with van der Waals surface area (Å²) < 4.78 is 0.823. The van der Waals surface area contributed by atoms with Gasteiger partial charge in [-0.1, -0.05) is 35.2 Å². The molecule has 8 heteroatoms. The normalized spacial score (nSPS) is 13.6. The summed E-state index contributed by atoms with van der Waals surface area (Å²) in [7, 11) is 4.01. The second-order valence-corrected chi connectivity index (χ2v) is 8.12. The van der Waals surface area contributed by atoms with Gasteiger partial charge in [-0.3, -0.25) is 4.79 Å². The van der Waals surface area contributed by atoms with E-state index in [4.69, 9.17) is 0 Å². The molecule has 1 saturated carbocycles. The summed E-state index contributed by atoms with van der Waals surface area (Å²) in [6, 6.07) is 8.72. The van der Waals surface area contributed by atoms with E-state index < -0.39 is 0 Å². The van der Waals surface area contributed by atoms with Crippen LogP contribution < -0.4 is 15.5 Å². The maximum absolute atomic E-state index is 12.0. The molecule has 0 unspecified atom stereocenters. The van der Waals surface area contributed by atoms with Crippen molar-refractivity contribution >= 4 is 39.8 Å². The molecule has 0 aliphatic heterocycles. The van der Waals surface area contributed by atoms with E-state index in [1.807, 2.05) is 43.3 Å². The minimum atomic E-state index is 0.00332.